The number of hydrogen-bond acceptors (Lipinski definition) is 5. The van der Waals surface area contributed by atoms with E-state index in [0.717, 1.165) is 38.8 Å². The zero-order valence-corrected chi connectivity index (χ0v) is 18.9. The van der Waals surface area contributed by atoms with Crippen LogP contribution in [0.5, 0.6) is 0 Å². The van der Waals surface area contributed by atoms with Crippen molar-refractivity contribution >= 4 is 11.9 Å². The monoisotopic (exact) mass is 414 g/mol. The lowest BCUT2D eigenvalue weighted by atomic mass is 9.90. The van der Waals surface area contributed by atoms with E-state index >= 15 is 0 Å². The van der Waals surface area contributed by atoms with Crippen molar-refractivity contribution in [1.29, 1.82) is 0 Å². The Labute approximate surface area is 181 Å². The molecular formula is C24H38N4O2. The number of aliphatic hydroxyl groups excluding tert-OH is 1. The molecule has 3 unspecified atom stereocenters. The van der Waals surface area contributed by atoms with Crippen LogP contribution in [0.3, 0.4) is 0 Å². The molecule has 0 radical (unpaired) electrons. The van der Waals surface area contributed by atoms with Crippen LogP contribution in [0.2, 0.25) is 0 Å². The molecule has 0 bridgehead atoms. The molecule has 3 N–H and O–H groups in total. The Morgan fingerprint density at radius 2 is 1.83 bits per heavy atom. The minimum Gasteiger partial charge on any atom is -0.378 e. The van der Waals surface area contributed by atoms with Crippen molar-refractivity contribution in [2.75, 3.05) is 19.6 Å². The molecule has 6 nitrogen and oxygen atoms in total. The molecule has 166 valence electrons. The van der Waals surface area contributed by atoms with Gasteiger partial charge >= 0.3 is 0 Å². The number of carbonyl (C=O) groups is 1. The molecule has 3 rings (SSSR count). The maximum absolute atomic E-state index is 12.9. The van der Waals surface area contributed by atoms with Crippen LogP contribution < -0.4 is 5.73 Å². The van der Waals surface area contributed by atoms with Crippen LogP contribution in [0.4, 0.5) is 0 Å². The Bertz CT molecular complexity index is 743. The van der Waals surface area contributed by atoms with E-state index in [2.05, 4.69) is 42.8 Å². The number of nitrogens with zero attached hydrogens (tertiary/aromatic N) is 3. The van der Waals surface area contributed by atoms with Gasteiger partial charge in [-0.15, -0.1) is 0 Å². The summed E-state index contributed by atoms with van der Waals surface area (Å²) in [5, 5.41) is 10.8. The Balaban J connectivity index is 1.47. The highest BCUT2D eigenvalue weighted by atomic mass is 16.3. The number of amides is 1. The van der Waals surface area contributed by atoms with Gasteiger partial charge in [-0.05, 0) is 50.0 Å². The predicted octanol–water partition coefficient (Wildman–Crippen LogP) is 3.17. The quantitative estimate of drug-likeness (QED) is 0.684. The molecule has 0 aliphatic carbocycles. The van der Waals surface area contributed by atoms with Crippen LogP contribution in [-0.4, -0.2) is 58.2 Å². The van der Waals surface area contributed by atoms with Crippen molar-refractivity contribution in [3.63, 3.8) is 0 Å². The lowest BCUT2D eigenvalue weighted by Gasteiger charge is -2.38. The van der Waals surface area contributed by atoms with Gasteiger partial charge in [-0.25, -0.2) is 4.99 Å². The molecule has 1 aromatic rings. The molecule has 2 aliphatic rings. The number of likely N-dealkylation sites (tertiary alicyclic amines) is 1. The highest BCUT2D eigenvalue weighted by molar-refractivity contribution is 6.06. The van der Waals surface area contributed by atoms with Gasteiger partial charge in [0.1, 0.15) is 11.8 Å². The topological polar surface area (TPSA) is 82.2 Å². The van der Waals surface area contributed by atoms with Crippen LogP contribution in [0.25, 0.3) is 0 Å². The van der Waals surface area contributed by atoms with E-state index < -0.39 is 11.8 Å². The maximum atomic E-state index is 12.9. The van der Waals surface area contributed by atoms with Crippen molar-refractivity contribution in [3.8, 4) is 0 Å². The van der Waals surface area contributed by atoms with Gasteiger partial charge < -0.3 is 10.8 Å². The fourth-order valence-electron chi connectivity index (χ4n) is 4.96. The summed E-state index contributed by atoms with van der Waals surface area (Å²) in [6.45, 7) is 10.6. The molecule has 2 aliphatic heterocycles. The van der Waals surface area contributed by atoms with Crippen molar-refractivity contribution < 1.29 is 9.90 Å². The largest absolute Gasteiger partial charge is 0.378 e. The molecule has 30 heavy (non-hydrogen) atoms. The Kier molecular flexibility index (Phi) is 7.19. The fourth-order valence-corrected chi connectivity index (χ4v) is 4.96. The van der Waals surface area contributed by atoms with E-state index in [-0.39, 0.29) is 11.8 Å². The van der Waals surface area contributed by atoms with Gasteiger partial charge in [0.2, 0.25) is 0 Å². The Morgan fingerprint density at radius 1 is 1.20 bits per heavy atom. The van der Waals surface area contributed by atoms with Crippen LogP contribution in [0, 0.1) is 11.8 Å². The number of aliphatic imine (C=N–C) groups is 1. The van der Waals surface area contributed by atoms with Gasteiger partial charge in [0.15, 0.2) is 5.96 Å². The molecular weight excluding hydrogens is 376 g/mol. The third-order valence-corrected chi connectivity index (χ3v) is 6.71. The van der Waals surface area contributed by atoms with Gasteiger partial charge in [-0.3, -0.25) is 14.6 Å². The number of guanidine groups is 1. The SMILES string of the molecule is CC(C)CC1(C)N=C(N)N(CCC2CCN(C(O)C(C)c3ccccc3)CC2)C1=O. The number of aliphatic hydroxyl groups is 1. The molecule has 0 saturated carbocycles. The normalized spacial score (nSPS) is 25.6. The summed E-state index contributed by atoms with van der Waals surface area (Å²) in [5.41, 5.74) is 6.56. The van der Waals surface area contributed by atoms with E-state index in [1.165, 1.54) is 5.56 Å². The molecule has 0 spiro atoms. The van der Waals surface area contributed by atoms with Gasteiger partial charge in [0.25, 0.3) is 5.91 Å². The van der Waals surface area contributed by atoms with Crippen molar-refractivity contribution in [2.45, 2.75) is 71.1 Å². The number of benzene rings is 1. The predicted molar refractivity (Wildman–Crippen MR) is 121 cm³/mol. The second-order valence-electron chi connectivity index (χ2n) is 9.68. The van der Waals surface area contributed by atoms with Crippen LogP contribution in [-0.2, 0) is 4.79 Å². The van der Waals surface area contributed by atoms with Crippen LogP contribution >= 0.6 is 0 Å². The first-order valence-electron chi connectivity index (χ1n) is 11.4. The Hall–Kier alpha value is -1.92. The number of hydrogen-bond donors (Lipinski definition) is 2. The van der Waals surface area contributed by atoms with E-state index in [0.29, 0.717) is 24.3 Å². The highest BCUT2D eigenvalue weighted by Gasteiger charge is 2.44. The zero-order chi connectivity index (χ0) is 21.9. The van der Waals surface area contributed by atoms with Crippen molar-refractivity contribution in [2.24, 2.45) is 22.6 Å². The smallest absolute Gasteiger partial charge is 0.257 e. The average molecular weight is 415 g/mol. The fraction of sp³-hybridized carbons (Fsp3) is 0.667. The van der Waals surface area contributed by atoms with Crippen molar-refractivity contribution in [1.82, 2.24) is 9.80 Å². The minimum atomic E-state index is -0.709. The highest BCUT2D eigenvalue weighted by Crippen LogP contribution is 2.31. The maximum Gasteiger partial charge on any atom is 0.257 e. The second kappa shape index (κ2) is 9.48. The van der Waals surface area contributed by atoms with E-state index in [9.17, 15) is 9.90 Å². The molecule has 2 heterocycles. The first-order valence-corrected chi connectivity index (χ1v) is 11.4. The van der Waals surface area contributed by atoms with Crippen LogP contribution in [0.1, 0.15) is 64.9 Å². The zero-order valence-electron chi connectivity index (χ0n) is 18.9. The van der Waals surface area contributed by atoms with Crippen molar-refractivity contribution in [3.05, 3.63) is 35.9 Å². The average Bonchev–Trinajstić information content (AvgIpc) is 2.93. The summed E-state index contributed by atoms with van der Waals surface area (Å²) >= 11 is 0. The first kappa shape index (κ1) is 22.8. The molecule has 3 atom stereocenters. The third kappa shape index (κ3) is 5.03. The van der Waals surface area contributed by atoms with E-state index in [4.69, 9.17) is 5.73 Å². The first-order chi connectivity index (χ1) is 14.2. The summed E-state index contributed by atoms with van der Waals surface area (Å²) in [5.74, 6) is 1.42. The van der Waals surface area contributed by atoms with Gasteiger partial charge in [0, 0.05) is 25.6 Å². The summed E-state index contributed by atoms with van der Waals surface area (Å²) in [7, 11) is 0. The molecule has 1 amide bonds. The summed E-state index contributed by atoms with van der Waals surface area (Å²) in [6.07, 6.45) is 3.24. The number of rotatable bonds is 8. The van der Waals surface area contributed by atoms with Gasteiger partial charge in [0.05, 0.1) is 0 Å². The number of carbonyl (C=O) groups excluding carboxylic acids is 1. The second-order valence-corrected chi connectivity index (χ2v) is 9.68. The summed E-state index contributed by atoms with van der Waals surface area (Å²) in [4.78, 5) is 21.3. The van der Waals surface area contributed by atoms with E-state index in [1.807, 2.05) is 25.1 Å². The molecule has 1 saturated heterocycles. The molecule has 1 aromatic carbocycles. The molecule has 0 aromatic heterocycles. The Morgan fingerprint density at radius 3 is 2.43 bits per heavy atom. The van der Waals surface area contributed by atoms with Crippen LogP contribution in [0.15, 0.2) is 35.3 Å². The molecule has 1 fully saturated rings. The lowest BCUT2D eigenvalue weighted by Crippen LogP contribution is -2.46. The third-order valence-electron chi connectivity index (χ3n) is 6.71. The van der Waals surface area contributed by atoms with E-state index in [1.54, 1.807) is 4.90 Å². The number of nitrogens with two attached hydrogens (primary N) is 1. The van der Waals surface area contributed by atoms with Gasteiger partial charge in [-0.1, -0.05) is 51.1 Å². The lowest BCUT2D eigenvalue weighted by molar-refractivity contribution is -0.131. The summed E-state index contributed by atoms with van der Waals surface area (Å²) in [6, 6.07) is 10.2. The molecule has 6 heteroatoms. The summed E-state index contributed by atoms with van der Waals surface area (Å²) < 4.78 is 0. The number of piperidine rings is 1. The standard InChI is InChI=1S/C24H38N4O2/c1-17(2)16-24(4)22(30)28(23(25)26-24)15-12-19-10-13-27(14-11-19)21(29)18(3)20-8-6-5-7-9-20/h5-9,17-19,21,29H,10-16H2,1-4H3,(H2,25,26). The van der Waals surface area contributed by atoms with Gasteiger partial charge in [-0.2, -0.15) is 0 Å². The minimum absolute atomic E-state index is 0.0400.